The molecule has 76 valence electrons. The Labute approximate surface area is 88.5 Å². The number of nitrogens with zero attached hydrogens (tertiary/aromatic N) is 1. The molecule has 14 heavy (non-hydrogen) atoms. The quantitative estimate of drug-likeness (QED) is 0.778. The highest BCUT2D eigenvalue weighted by Gasteiger charge is 2.07. The minimum Gasteiger partial charge on any atom is -0.481 e. The molecule has 1 aromatic heterocycles. The highest BCUT2D eigenvalue weighted by molar-refractivity contribution is 6.29. The van der Waals surface area contributed by atoms with Crippen LogP contribution in [0.3, 0.4) is 0 Å². The zero-order chi connectivity index (χ0) is 10.6. The Kier molecular flexibility index (Phi) is 3.92. The first-order valence-corrected chi connectivity index (χ1v) is 4.65. The van der Waals surface area contributed by atoms with E-state index in [9.17, 15) is 0 Å². The number of methoxy groups -OCH3 is 1. The fourth-order valence-corrected chi connectivity index (χ4v) is 1.29. The van der Waals surface area contributed by atoms with Gasteiger partial charge in [0.05, 0.1) is 7.11 Å². The summed E-state index contributed by atoms with van der Waals surface area (Å²) in [5.74, 6) is 0.496. The number of hydrogen-bond acceptors (Lipinski definition) is 3. The Morgan fingerprint density at radius 2 is 2.36 bits per heavy atom. The highest BCUT2D eigenvalue weighted by atomic mass is 35.5. The molecule has 0 spiro atoms. The molecule has 0 aliphatic heterocycles. The van der Waals surface area contributed by atoms with E-state index >= 15 is 0 Å². The van der Waals surface area contributed by atoms with E-state index < -0.39 is 0 Å². The molecular formula is C10H13ClN2O. The molecular weight excluding hydrogens is 200 g/mol. The molecule has 1 rings (SSSR count). The standard InChI is InChI=1S/C10H13ClN2O/c1-7(5-6-12)8-3-4-9(11)13-10(8)14-2/h3-4H,1,5-6,12H2,2H3. The van der Waals surface area contributed by atoms with Gasteiger partial charge < -0.3 is 10.5 Å². The fourth-order valence-electron chi connectivity index (χ4n) is 1.15. The van der Waals surface area contributed by atoms with Crippen molar-refractivity contribution in [1.82, 2.24) is 4.98 Å². The topological polar surface area (TPSA) is 48.1 Å². The number of halogens is 1. The Morgan fingerprint density at radius 1 is 1.64 bits per heavy atom. The van der Waals surface area contributed by atoms with Crippen LogP contribution in [0.1, 0.15) is 12.0 Å². The molecule has 0 saturated carbocycles. The van der Waals surface area contributed by atoms with E-state index in [0.29, 0.717) is 17.6 Å². The smallest absolute Gasteiger partial charge is 0.222 e. The molecule has 1 aromatic rings. The van der Waals surface area contributed by atoms with E-state index in [4.69, 9.17) is 22.1 Å². The van der Waals surface area contributed by atoms with Crippen molar-refractivity contribution in [3.8, 4) is 5.88 Å². The largest absolute Gasteiger partial charge is 0.481 e. The van der Waals surface area contributed by atoms with Crippen LogP contribution in [0.2, 0.25) is 5.15 Å². The van der Waals surface area contributed by atoms with Crippen LogP contribution in [0.5, 0.6) is 5.88 Å². The second-order valence-electron chi connectivity index (χ2n) is 2.83. The molecule has 0 aliphatic carbocycles. The molecule has 0 atom stereocenters. The van der Waals surface area contributed by atoms with Gasteiger partial charge in [-0.2, -0.15) is 0 Å². The molecule has 2 N–H and O–H groups in total. The van der Waals surface area contributed by atoms with Gasteiger partial charge in [0.25, 0.3) is 0 Å². The van der Waals surface area contributed by atoms with E-state index in [1.165, 1.54) is 0 Å². The molecule has 0 fully saturated rings. The first-order valence-electron chi connectivity index (χ1n) is 4.27. The Morgan fingerprint density at radius 3 is 2.93 bits per heavy atom. The molecule has 0 unspecified atom stereocenters. The lowest BCUT2D eigenvalue weighted by Crippen LogP contribution is -2.01. The van der Waals surface area contributed by atoms with Gasteiger partial charge >= 0.3 is 0 Å². The van der Waals surface area contributed by atoms with Crippen LogP contribution in [-0.4, -0.2) is 18.6 Å². The van der Waals surface area contributed by atoms with Gasteiger partial charge in [0.1, 0.15) is 5.15 Å². The maximum Gasteiger partial charge on any atom is 0.222 e. The normalized spacial score (nSPS) is 9.93. The van der Waals surface area contributed by atoms with E-state index in [1.807, 2.05) is 6.07 Å². The first-order chi connectivity index (χ1) is 6.69. The number of rotatable bonds is 4. The van der Waals surface area contributed by atoms with Crippen molar-refractivity contribution in [2.75, 3.05) is 13.7 Å². The van der Waals surface area contributed by atoms with Crippen molar-refractivity contribution in [2.45, 2.75) is 6.42 Å². The first kappa shape index (κ1) is 11.0. The van der Waals surface area contributed by atoms with Crippen LogP contribution in [0, 0.1) is 0 Å². The van der Waals surface area contributed by atoms with Crippen LogP contribution < -0.4 is 10.5 Å². The van der Waals surface area contributed by atoms with Crippen molar-refractivity contribution in [1.29, 1.82) is 0 Å². The maximum atomic E-state index is 5.73. The average molecular weight is 213 g/mol. The van der Waals surface area contributed by atoms with Gasteiger partial charge in [-0.3, -0.25) is 0 Å². The van der Waals surface area contributed by atoms with Crippen molar-refractivity contribution in [2.24, 2.45) is 5.73 Å². The Bertz CT molecular complexity index is 339. The number of pyridine rings is 1. The lowest BCUT2D eigenvalue weighted by Gasteiger charge is -2.09. The third-order valence-corrected chi connectivity index (χ3v) is 2.06. The van der Waals surface area contributed by atoms with Gasteiger partial charge in [-0.05, 0) is 30.7 Å². The summed E-state index contributed by atoms with van der Waals surface area (Å²) in [6.45, 7) is 4.47. The fraction of sp³-hybridized carbons (Fsp3) is 0.300. The molecule has 0 aliphatic rings. The van der Waals surface area contributed by atoms with Crippen LogP contribution in [0.15, 0.2) is 18.7 Å². The lowest BCUT2D eigenvalue weighted by atomic mass is 10.1. The molecule has 0 saturated heterocycles. The summed E-state index contributed by atoms with van der Waals surface area (Å²) in [7, 11) is 1.55. The van der Waals surface area contributed by atoms with Gasteiger partial charge in [-0.25, -0.2) is 4.98 Å². The maximum absolute atomic E-state index is 5.73. The van der Waals surface area contributed by atoms with E-state index in [1.54, 1.807) is 13.2 Å². The number of hydrogen-bond donors (Lipinski definition) is 1. The molecule has 3 nitrogen and oxygen atoms in total. The monoisotopic (exact) mass is 212 g/mol. The summed E-state index contributed by atoms with van der Waals surface area (Å²) in [6.07, 6.45) is 0.722. The number of aromatic nitrogens is 1. The highest BCUT2D eigenvalue weighted by Crippen LogP contribution is 2.26. The third kappa shape index (κ3) is 2.47. The van der Waals surface area contributed by atoms with E-state index in [0.717, 1.165) is 17.6 Å². The Balaban J connectivity index is 3.01. The van der Waals surface area contributed by atoms with E-state index in [2.05, 4.69) is 11.6 Å². The molecule has 4 heteroatoms. The van der Waals surface area contributed by atoms with Crippen molar-refractivity contribution in [3.05, 3.63) is 29.4 Å². The van der Waals surface area contributed by atoms with Crippen LogP contribution in [0.4, 0.5) is 0 Å². The minimum absolute atomic E-state index is 0.408. The van der Waals surface area contributed by atoms with Crippen molar-refractivity contribution < 1.29 is 4.74 Å². The van der Waals surface area contributed by atoms with Gasteiger partial charge in [-0.15, -0.1) is 0 Å². The van der Waals surface area contributed by atoms with Crippen LogP contribution >= 0.6 is 11.6 Å². The van der Waals surface area contributed by atoms with Crippen molar-refractivity contribution >= 4 is 17.2 Å². The minimum atomic E-state index is 0.408. The van der Waals surface area contributed by atoms with Gasteiger partial charge in [-0.1, -0.05) is 18.2 Å². The molecule has 0 aromatic carbocycles. The zero-order valence-electron chi connectivity index (χ0n) is 8.09. The van der Waals surface area contributed by atoms with Crippen LogP contribution in [-0.2, 0) is 0 Å². The molecule has 0 bridgehead atoms. The summed E-state index contributed by atoms with van der Waals surface area (Å²) in [5.41, 5.74) is 7.21. The summed E-state index contributed by atoms with van der Waals surface area (Å²) in [5, 5.41) is 0.408. The summed E-state index contributed by atoms with van der Waals surface area (Å²) in [4.78, 5) is 4.04. The van der Waals surface area contributed by atoms with Gasteiger partial charge in [0, 0.05) is 5.56 Å². The zero-order valence-corrected chi connectivity index (χ0v) is 8.84. The average Bonchev–Trinajstić information content (AvgIpc) is 2.17. The number of nitrogens with two attached hydrogens (primary N) is 1. The second-order valence-corrected chi connectivity index (χ2v) is 3.22. The van der Waals surface area contributed by atoms with Crippen LogP contribution in [0.25, 0.3) is 5.57 Å². The predicted molar refractivity (Wildman–Crippen MR) is 58.5 cm³/mol. The Hall–Kier alpha value is -1.06. The second kappa shape index (κ2) is 4.98. The number of ether oxygens (including phenoxy) is 1. The summed E-state index contributed by atoms with van der Waals surface area (Å²) < 4.78 is 5.10. The van der Waals surface area contributed by atoms with E-state index in [-0.39, 0.29) is 0 Å². The summed E-state index contributed by atoms with van der Waals surface area (Å²) >= 11 is 5.73. The molecule has 0 radical (unpaired) electrons. The van der Waals surface area contributed by atoms with Gasteiger partial charge in [0.2, 0.25) is 5.88 Å². The molecule has 1 heterocycles. The van der Waals surface area contributed by atoms with Crippen molar-refractivity contribution in [3.63, 3.8) is 0 Å². The third-order valence-electron chi connectivity index (χ3n) is 1.85. The van der Waals surface area contributed by atoms with Gasteiger partial charge in [0.15, 0.2) is 0 Å². The SMILES string of the molecule is C=C(CCN)c1ccc(Cl)nc1OC. The lowest BCUT2D eigenvalue weighted by molar-refractivity contribution is 0.396. The molecule has 0 amide bonds. The predicted octanol–water partition coefficient (Wildman–Crippen LogP) is 2.11. The summed E-state index contributed by atoms with van der Waals surface area (Å²) in [6, 6.07) is 3.55.